The summed E-state index contributed by atoms with van der Waals surface area (Å²) in [6, 6.07) is 6.48. The van der Waals surface area contributed by atoms with E-state index in [1.54, 1.807) is 24.3 Å². The fourth-order valence-electron chi connectivity index (χ4n) is 1.45. The predicted molar refractivity (Wildman–Crippen MR) is 70.6 cm³/mol. The van der Waals surface area contributed by atoms with Gasteiger partial charge >= 0.3 is 5.97 Å². The molecule has 0 aliphatic heterocycles. The molecule has 1 aromatic carbocycles. The smallest absolute Gasteiger partial charge is 0.323 e. The molecule has 0 aliphatic rings. The maximum atomic E-state index is 11.8. The molecule has 0 aliphatic carbocycles. The van der Waals surface area contributed by atoms with Gasteiger partial charge in [-0.3, -0.25) is 14.4 Å². The van der Waals surface area contributed by atoms with Gasteiger partial charge in [-0.1, -0.05) is 6.07 Å². The van der Waals surface area contributed by atoms with Crippen LogP contribution in [-0.2, 0) is 9.59 Å². The molecule has 0 bridgehead atoms. The second-order valence-electron chi connectivity index (χ2n) is 4.06. The Morgan fingerprint density at radius 1 is 1.35 bits per heavy atom. The average Bonchev–Trinajstić information content (AvgIpc) is 2.43. The largest absolute Gasteiger partial charge is 0.497 e. The highest BCUT2D eigenvalue weighted by molar-refractivity contribution is 5.97. The molecule has 7 heteroatoms. The minimum Gasteiger partial charge on any atom is -0.497 e. The molecule has 0 radical (unpaired) electrons. The molecule has 0 spiro atoms. The van der Waals surface area contributed by atoms with E-state index in [9.17, 15) is 14.4 Å². The second-order valence-corrected chi connectivity index (χ2v) is 4.06. The number of ether oxygens (including phenoxy) is 1. The monoisotopic (exact) mass is 280 g/mol. The van der Waals surface area contributed by atoms with Crippen LogP contribution in [0.25, 0.3) is 0 Å². The molecule has 0 unspecified atom stereocenters. The fourth-order valence-corrected chi connectivity index (χ4v) is 1.45. The van der Waals surface area contributed by atoms with Gasteiger partial charge < -0.3 is 20.1 Å². The van der Waals surface area contributed by atoms with Crippen molar-refractivity contribution in [1.29, 1.82) is 0 Å². The van der Waals surface area contributed by atoms with Crippen LogP contribution in [0.1, 0.15) is 10.4 Å². The quantitative estimate of drug-likeness (QED) is 0.762. The molecule has 0 atom stereocenters. The first-order valence-electron chi connectivity index (χ1n) is 5.82. The van der Waals surface area contributed by atoms with E-state index in [1.165, 1.54) is 14.2 Å². The lowest BCUT2D eigenvalue weighted by molar-refractivity contribution is -0.143. The molecule has 0 heterocycles. The molecule has 2 amide bonds. The fraction of sp³-hybridized carbons (Fsp3) is 0.308. The second kappa shape index (κ2) is 7.13. The normalized spacial score (nSPS) is 9.70. The lowest BCUT2D eigenvalue weighted by atomic mass is 10.2. The van der Waals surface area contributed by atoms with Gasteiger partial charge in [0.15, 0.2) is 0 Å². The van der Waals surface area contributed by atoms with Gasteiger partial charge in [0.1, 0.15) is 12.3 Å². The minimum absolute atomic E-state index is 0.264. The summed E-state index contributed by atoms with van der Waals surface area (Å²) in [6.07, 6.45) is 0. The van der Waals surface area contributed by atoms with Crippen LogP contribution in [0.15, 0.2) is 24.3 Å². The van der Waals surface area contributed by atoms with Crippen LogP contribution in [-0.4, -0.2) is 55.0 Å². The van der Waals surface area contributed by atoms with Crippen molar-refractivity contribution in [3.63, 3.8) is 0 Å². The van der Waals surface area contributed by atoms with Gasteiger partial charge in [-0.2, -0.15) is 0 Å². The van der Waals surface area contributed by atoms with E-state index in [2.05, 4.69) is 5.32 Å². The highest BCUT2D eigenvalue weighted by atomic mass is 16.5. The first-order chi connectivity index (χ1) is 9.43. The summed E-state index contributed by atoms with van der Waals surface area (Å²) in [7, 11) is 2.84. The Morgan fingerprint density at radius 2 is 2.05 bits per heavy atom. The van der Waals surface area contributed by atoms with Gasteiger partial charge in [-0.25, -0.2) is 0 Å². The maximum absolute atomic E-state index is 11.8. The van der Waals surface area contributed by atoms with Gasteiger partial charge in [0.2, 0.25) is 5.91 Å². The SMILES string of the molecule is COc1cccc(C(=O)NCC(=O)N(C)CC(=O)O)c1. The average molecular weight is 280 g/mol. The lowest BCUT2D eigenvalue weighted by Gasteiger charge is -2.14. The molecule has 0 fully saturated rings. The van der Waals surface area contributed by atoms with Crippen LogP contribution < -0.4 is 10.1 Å². The van der Waals surface area contributed by atoms with Gasteiger partial charge in [0.25, 0.3) is 5.91 Å². The summed E-state index contributed by atoms with van der Waals surface area (Å²) in [5, 5.41) is 11.0. The van der Waals surface area contributed by atoms with Crippen molar-refractivity contribution >= 4 is 17.8 Å². The number of benzene rings is 1. The van der Waals surface area contributed by atoms with Crippen molar-refractivity contribution < 1.29 is 24.2 Å². The van der Waals surface area contributed by atoms with Gasteiger partial charge in [0.05, 0.1) is 13.7 Å². The highest BCUT2D eigenvalue weighted by Crippen LogP contribution is 2.12. The molecular formula is C13H16N2O5. The Kier molecular flexibility index (Phi) is 5.52. The first-order valence-corrected chi connectivity index (χ1v) is 5.82. The third kappa shape index (κ3) is 4.60. The maximum Gasteiger partial charge on any atom is 0.323 e. The Balaban J connectivity index is 2.54. The summed E-state index contributed by atoms with van der Waals surface area (Å²) >= 11 is 0. The Labute approximate surface area is 116 Å². The van der Waals surface area contributed by atoms with Gasteiger partial charge in [-0.15, -0.1) is 0 Å². The molecule has 1 aromatic rings. The Hall–Kier alpha value is -2.57. The zero-order valence-corrected chi connectivity index (χ0v) is 11.3. The molecule has 0 saturated carbocycles. The number of hydrogen-bond acceptors (Lipinski definition) is 4. The summed E-state index contributed by atoms with van der Waals surface area (Å²) in [5.74, 6) is -1.49. The number of carboxylic acid groups (broad SMARTS) is 1. The van der Waals surface area contributed by atoms with Crippen molar-refractivity contribution in [2.75, 3.05) is 27.2 Å². The summed E-state index contributed by atoms with van der Waals surface area (Å²) in [5.41, 5.74) is 0.359. The predicted octanol–water partition coefficient (Wildman–Crippen LogP) is -0.0320. The van der Waals surface area contributed by atoms with Crippen LogP contribution in [0.2, 0.25) is 0 Å². The van der Waals surface area contributed by atoms with Crippen LogP contribution in [0.5, 0.6) is 5.75 Å². The third-order valence-electron chi connectivity index (χ3n) is 2.53. The summed E-state index contributed by atoms with van der Waals surface area (Å²) < 4.78 is 4.99. The topological polar surface area (TPSA) is 95.9 Å². The van der Waals surface area contributed by atoms with E-state index in [4.69, 9.17) is 9.84 Å². The number of methoxy groups -OCH3 is 1. The van der Waals surface area contributed by atoms with Crippen LogP contribution in [0.4, 0.5) is 0 Å². The summed E-state index contributed by atoms with van der Waals surface area (Å²) in [6.45, 7) is -0.673. The zero-order chi connectivity index (χ0) is 15.1. The molecular weight excluding hydrogens is 264 g/mol. The number of carbonyl (C=O) groups is 3. The van der Waals surface area contributed by atoms with E-state index in [1.807, 2.05) is 0 Å². The van der Waals surface area contributed by atoms with E-state index < -0.39 is 24.3 Å². The molecule has 2 N–H and O–H groups in total. The number of carbonyl (C=O) groups excluding carboxylic acids is 2. The van der Waals surface area contributed by atoms with Crippen molar-refractivity contribution in [1.82, 2.24) is 10.2 Å². The number of amides is 2. The van der Waals surface area contributed by atoms with Crippen LogP contribution in [0.3, 0.4) is 0 Å². The van der Waals surface area contributed by atoms with Crippen LogP contribution in [0, 0.1) is 0 Å². The molecule has 0 saturated heterocycles. The van der Waals surface area contributed by atoms with E-state index in [0.29, 0.717) is 11.3 Å². The summed E-state index contributed by atoms with van der Waals surface area (Å²) in [4.78, 5) is 34.8. The van der Waals surface area contributed by atoms with Crippen molar-refractivity contribution in [3.8, 4) is 5.75 Å². The van der Waals surface area contributed by atoms with Gasteiger partial charge in [-0.05, 0) is 18.2 Å². The number of aliphatic carboxylic acids is 1. The molecule has 20 heavy (non-hydrogen) atoms. The number of likely N-dealkylation sites (N-methyl/N-ethyl adjacent to an activating group) is 1. The first kappa shape index (κ1) is 15.5. The van der Waals surface area contributed by atoms with E-state index in [0.717, 1.165) is 4.90 Å². The standard InChI is InChI=1S/C13H16N2O5/c1-15(8-12(17)18)11(16)7-14-13(19)9-4-3-5-10(6-9)20-2/h3-6H,7-8H2,1-2H3,(H,14,19)(H,17,18). The Bertz CT molecular complexity index is 515. The van der Waals surface area contributed by atoms with Crippen LogP contribution >= 0.6 is 0 Å². The molecule has 108 valence electrons. The third-order valence-corrected chi connectivity index (χ3v) is 2.53. The molecule has 1 rings (SSSR count). The van der Waals surface area contributed by atoms with Gasteiger partial charge in [0, 0.05) is 12.6 Å². The highest BCUT2D eigenvalue weighted by Gasteiger charge is 2.14. The Morgan fingerprint density at radius 3 is 2.65 bits per heavy atom. The van der Waals surface area contributed by atoms with E-state index >= 15 is 0 Å². The van der Waals surface area contributed by atoms with Crippen molar-refractivity contribution in [2.24, 2.45) is 0 Å². The number of nitrogens with zero attached hydrogens (tertiary/aromatic N) is 1. The van der Waals surface area contributed by atoms with Crippen molar-refractivity contribution in [3.05, 3.63) is 29.8 Å². The number of rotatable bonds is 6. The number of hydrogen-bond donors (Lipinski definition) is 2. The lowest BCUT2D eigenvalue weighted by Crippen LogP contribution is -2.40. The van der Waals surface area contributed by atoms with Crippen molar-refractivity contribution in [2.45, 2.75) is 0 Å². The minimum atomic E-state index is -1.11. The molecule has 0 aromatic heterocycles. The number of nitrogens with one attached hydrogen (secondary N) is 1. The van der Waals surface area contributed by atoms with E-state index in [-0.39, 0.29) is 6.54 Å². The number of carboxylic acids is 1. The molecule has 7 nitrogen and oxygen atoms in total. The zero-order valence-electron chi connectivity index (χ0n) is 11.3.